The van der Waals surface area contributed by atoms with Crippen molar-refractivity contribution in [2.75, 3.05) is 49.5 Å². The van der Waals surface area contributed by atoms with Crippen LogP contribution >= 0.6 is 11.6 Å². The lowest BCUT2D eigenvalue weighted by atomic mass is 10.1. The Morgan fingerprint density at radius 1 is 1.03 bits per heavy atom. The Balaban J connectivity index is 1.70. The average Bonchev–Trinajstić information content (AvgIpc) is 2.84. The standard InChI is InChI=1S/C24H27ClF5N5O2/c25-16-2-4-18(19(13-16)35-11-9-34(10-12-35)8-6-24(28,29)30)33-23(37)17-3-1-15(21(26)22(17)27)14-32-20(36)5-7-31/h1-4,13H,5-12,14,31H2,(H,32,36)(H,33,37). The first kappa shape index (κ1) is 28.6. The Morgan fingerprint density at radius 3 is 2.38 bits per heavy atom. The number of benzene rings is 2. The summed E-state index contributed by atoms with van der Waals surface area (Å²) in [6.45, 7) is 1.26. The van der Waals surface area contributed by atoms with Crippen molar-refractivity contribution in [2.45, 2.75) is 25.6 Å². The second kappa shape index (κ2) is 12.5. The second-order valence-electron chi connectivity index (χ2n) is 8.53. The number of nitrogens with zero attached hydrogens (tertiary/aromatic N) is 2. The van der Waals surface area contributed by atoms with Crippen LogP contribution in [-0.2, 0) is 11.3 Å². The van der Waals surface area contributed by atoms with E-state index in [1.807, 2.05) is 4.90 Å². The van der Waals surface area contributed by atoms with Gasteiger partial charge in [0.1, 0.15) is 0 Å². The smallest absolute Gasteiger partial charge is 0.367 e. The van der Waals surface area contributed by atoms with Crippen LogP contribution in [0.2, 0.25) is 5.02 Å². The number of alkyl halides is 3. The molecule has 1 saturated heterocycles. The van der Waals surface area contributed by atoms with Gasteiger partial charge in [-0.15, -0.1) is 0 Å². The summed E-state index contributed by atoms with van der Waals surface area (Å²) in [5, 5.41) is 5.36. The number of amides is 2. The highest BCUT2D eigenvalue weighted by Gasteiger charge is 2.29. The molecule has 2 aromatic rings. The molecule has 2 amide bonds. The fraction of sp³-hybridized carbons (Fsp3) is 0.417. The van der Waals surface area contributed by atoms with Crippen LogP contribution in [0, 0.1) is 11.6 Å². The van der Waals surface area contributed by atoms with Gasteiger partial charge >= 0.3 is 6.18 Å². The van der Waals surface area contributed by atoms with Crippen molar-refractivity contribution in [1.29, 1.82) is 0 Å². The van der Waals surface area contributed by atoms with Crippen LogP contribution in [0.4, 0.5) is 33.3 Å². The number of carbonyl (C=O) groups is 2. The molecule has 2 aromatic carbocycles. The molecule has 0 saturated carbocycles. The van der Waals surface area contributed by atoms with Gasteiger partial charge in [0.15, 0.2) is 11.6 Å². The Kier molecular flexibility index (Phi) is 9.68. The zero-order valence-corrected chi connectivity index (χ0v) is 20.6. The van der Waals surface area contributed by atoms with Crippen LogP contribution in [-0.4, -0.2) is 62.2 Å². The highest BCUT2D eigenvalue weighted by molar-refractivity contribution is 6.31. The lowest BCUT2D eigenvalue weighted by Crippen LogP contribution is -2.47. The third-order valence-electron chi connectivity index (χ3n) is 5.89. The largest absolute Gasteiger partial charge is 0.390 e. The second-order valence-corrected chi connectivity index (χ2v) is 8.96. The zero-order valence-electron chi connectivity index (χ0n) is 19.8. The maximum Gasteiger partial charge on any atom is 0.390 e. The molecule has 4 N–H and O–H groups in total. The first-order valence-electron chi connectivity index (χ1n) is 11.6. The van der Waals surface area contributed by atoms with Gasteiger partial charge in [-0.25, -0.2) is 8.78 Å². The van der Waals surface area contributed by atoms with Crippen LogP contribution in [0.3, 0.4) is 0 Å². The molecule has 0 radical (unpaired) electrons. The molecule has 0 unspecified atom stereocenters. The van der Waals surface area contributed by atoms with E-state index in [4.69, 9.17) is 17.3 Å². The molecule has 7 nitrogen and oxygen atoms in total. The van der Waals surface area contributed by atoms with E-state index in [9.17, 15) is 31.5 Å². The fourth-order valence-corrected chi connectivity index (χ4v) is 4.04. The number of nitrogens with two attached hydrogens (primary N) is 1. The third kappa shape index (κ3) is 8.01. The molecule has 1 aliphatic heterocycles. The van der Waals surface area contributed by atoms with Gasteiger partial charge in [-0.3, -0.25) is 14.5 Å². The molecular weight excluding hydrogens is 521 g/mol. The number of rotatable bonds is 9. The van der Waals surface area contributed by atoms with Gasteiger partial charge in [0.2, 0.25) is 5.91 Å². The molecule has 1 heterocycles. The van der Waals surface area contributed by atoms with Crippen LogP contribution in [0.15, 0.2) is 30.3 Å². The molecule has 0 aromatic heterocycles. The van der Waals surface area contributed by atoms with Gasteiger partial charge in [0.05, 0.1) is 23.4 Å². The van der Waals surface area contributed by atoms with E-state index in [0.29, 0.717) is 36.9 Å². The van der Waals surface area contributed by atoms with Gasteiger partial charge in [-0.05, 0) is 24.3 Å². The number of piperazine rings is 1. The molecule has 1 aliphatic rings. The summed E-state index contributed by atoms with van der Waals surface area (Å²) in [4.78, 5) is 27.9. The van der Waals surface area contributed by atoms with Crippen molar-refractivity contribution in [1.82, 2.24) is 10.2 Å². The van der Waals surface area contributed by atoms with Crippen LogP contribution in [0.25, 0.3) is 0 Å². The summed E-state index contributed by atoms with van der Waals surface area (Å²) in [6, 6.07) is 6.95. The first-order chi connectivity index (χ1) is 17.5. The summed E-state index contributed by atoms with van der Waals surface area (Å²) in [6.07, 6.45) is -5.09. The normalized spacial score (nSPS) is 14.5. The van der Waals surface area contributed by atoms with E-state index in [-0.39, 0.29) is 37.3 Å². The molecule has 37 heavy (non-hydrogen) atoms. The Morgan fingerprint density at radius 2 is 1.73 bits per heavy atom. The highest BCUT2D eigenvalue weighted by Crippen LogP contribution is 2.31. The average molecular weight is 548 g/mol. The minimum absolute atomic E-state index is 0.0383. The Labute approximate surface area is 215 Å². The maximum atomic E-state index is 14.7. The first-order valence-corrected chi connectivity index (χ1v) is 11.9. The van der Waals surface area contributed by atoms with Gasteiger partial charge in [-0.2, -0.15) is 13.2 Å². The number of hydrogen-bond donors (Lipinski definition) is 3. The number of carbonyl (C=O) groups excluding carboxylic acids is 2. The minimum atomic E-state index is -4.23. The summed E-state index contributed by atoms with van der Waals surface area (Å²) < 4.78 is 66.8. The molecule has 0 atom stereocenters. The number of halogens is 6. The van der Waals surface area contributed by atoms with Gasteiger partial charge in [-0.1, -0.05) is 17.7 Å². The van der Waals surface area contributed by atoms with Crippen LogP contribution in [0.1, 0.15) is 28.8 Å². The fourth-order valence-electron chi connectivity index (χ4n) is 3.87. The summed E-state index contributed by atoms with van der Waals surface area (Å²) >= 11 is 6.13. The van der Waals surface area contributed by atoms with Crippen molar-refractivity contribution in [3.63, 3.8) is 0 Å². The summed E-state index contributed by atoms with van der Waals surface area (Å²) in [7, 11) is 0. The van der Waals surface area contributed by atoms with E-state index in [2.05, 4.69) is 10.6 Å². The maximum absolute atomic E-state index is 14.7. The highest BCUT2D eigenvalue weighted by atomic mass is 35.5. The van der Waals surface area contributed by atoms with Crippen molar-refractivity contribution < 1.29 is 31.5 Å². The van der Waals surface area contributed by atoms with Gasteiger partial charge in [0.25, 0.3) is 5.91 Å². The summed E-state index contributed by atoms with van der Waals surface area (Å²) in [5.41, 5.74) is 5.41. The molecule has 13 heteroatoms. The molecule has 0 aliphatic carbocycles. The number of anilines is 2. The molecular formula is C24H27ClF5N5O2. The number of hydrogen-bond acceptors (Lipinski definition) is 5. The van der Waals surface area contributed by atoms with E-state index in [1.165, 1.54) is 18.2 Å². The van der Waals surface area contributed by atoms with Gasteiger partial charge in [0, 0.05) is 62.8 Å². The zero-order chi connectivity index (χ0) is 27.2. The molecule has 0 spiro atoms. The van der Waals surface area contributed by atoms with E-state index < -0.39 is 41.6 Å². The minimum Gasteiger partial charge on any atom is -0.367 e. The van der Waals surface area contributed by atoms with Crippen molar-refractivity contribution >= 4 is 34.8 Å². The third-order valence-corrected chi connectivity index (χ3v) is 6.12. The van der Waals surface area contributed by atoms with E-state index in [1.54, 1.807) is 11.0 Å². The quantitative estimate of drug-likeness (QED) is 0.414. The lowest BCUT2D eigenvalue weighted by molar-refractivity contribution is -0.138. The monoisotopic (exact) mass is 547 g/mol. The van der Waals surface area contributed by atoms with Crippen LogP contribution < -0.4 is 21.3 Å². The predicted octanol–water partition coefficient (Wildman–Crippen LogP) is 3.91. The van der Waals surface area contributed by atoms with Crippen molar-refractivity contribution in [3.8, 4) is 0 Å². The number of nitrogens with one attached hydrogen (secondary N) is 2. The molecule has 202 valence electrons. The van der Waals surface area contributed by atoms with Crippen LogP contribution in [0.5, 0.6) is 0 Å². The Hall–Kier alpha value is -2.96. The molecule has 0 bridgehead atoms. The lowest BCUT2D eigenvalue weighted by Gasteiger charge is -2.37. The SMILES string of the molecule is NCCC(=O)NCc1ccc(C(=O)Nc2ccc(Cl)cc2N2CCN(CCC(F)(F)F)CC2)c(F)c1F. The molecule has 1 fully saturated rings. The molecule has 3 rings (SSSR count). The topological polar surface area (TPSA) is 90.7 Å². The predicted molar refractivity (Wildman–Crippen MR) is 131 cm³/mol. The van der Waals surface area contributed by atoms with Crippen molar-refractivity contribution in [2.24, 2.45) is 5.73 Å². The summed E-state index contributed by atoms with van der Waals surface area (Å²) in [5.74, 6) is -3.94. The van der Waals surface area contributed by atoms with Gasteiger partial charge < -0.3 is 21.3 Å². The van der Waals surface area contributed by atoms with E-state index in [0.717, 1.165) is 6.07 Å². The van der Waals surface area contributed by atoms with E-state index >= 15 is 0 Å². The Bertz CT molecular complexity index is 1120. The van der Waals surface area contributed by atoms with Crippen molar-refractivity contribution in [3.05, 3.63) is 58.1 Å².